The zero-order valence-electron chi connectivity index (χ0n) is 9.23. The van der Waals surface area contributed by atoms with Crippen LogP contribution in [0.4, 0.5) is 0 Å². The Balaban J connectivity index is 2.88. The van der Waals surface area contributed by atoms with Crippen LogP contribution in [-0.2, 0) is 0 Å². The number of benzene rings is 2. The molecule has 17 heavy (non-hydrogen) atoms. The topological polar surface area (TPSA) is 66.4 Å². The van der Waals surface area contributed by atoms with Gasteiger partial charge in [-0.15, -0.1) is 0 Å². The third-order valence-electron chi connectivity index (χ3n) is 2.65. The molecule has 4 nitrogen and oxygen atoms in total. The number of amides is 1. The van der Waals surface area contributed by atoms with E-state index in [4.69, 9.17) is 0 Å². The van der Waals surface area contributed by atoms with Gasteiger partial charge in [0.05, 0.1) is 11.1 Å². The largest absolute Gasteiger partial charge is 0.507 e. The van der Waals surface area contributed by atoms with E-state index in [0.717, 1.165) is 0 Å². The minimum atomic E-state index is -0.297. The molecule has 0 aromatic heterocycles. The number of phenolic OH excluding ortho intramolecular Hbond substituents is 1. The number of rotatable bonds is 2. The second kappa shape index (κ2) is 4.25. The van der Waals surface area contributed by atoms with Gasteiger partial charge < -0.3 is 10.4 Å². The summed E-state index contributed by atoms with van der Waals surface area (Å²) >= 11 is 0. The zero-order valence-corrected chi connectivity index (χ0v) is 9.23. The molecule has 0 unspecified atom stereocenters. The first-order valence-corrected chi connectivity index (χ1v) is 5.11. The van der Waals surface area contributed by atoms with E-state index in [1.165, 1.54) is 13.1 Å². The van der Waals surface area contributed by atoms with Crippen LogP contribution in [0.5, 0.6) is 5.75 Å². The first kappa shape index (κ1) is 11.1. The van der Waals surface area contributed by atoms with Crippen LogP contribution >= 0.6 is 0 Å². The van der Waals surface area contributed by atoms with Gasteiger partial charge in [0.2, 0.25) is 0 Å². The molecule has 0 spiro atoms. The number of nitrogens with one attached hydrogen (secondary N) is 1. The minimum absolute atomic E-state index is 0.183. The molecule has 2 rings (SSSR count). The number of hydrogen-bond donors (Lipinski definition) is 2. The normalized spacial score (nSPS) is 10.2. The van der Waals surface area contributed by atoms with E-state index in [0.29, 0.717) is 22.6 Å². The Bertz CT molecular complexity index is 605. The molecule has 0 heterocycles. The van der Waals surface area contributed by atoms with Gasteiger partial charge in [0.1, 0.15) is 5.75 Å². The Labute approximate surface area is 97.9 Å². The Hall–Kier alpha value is -2.36. The van der Waals surface area contributed by atoms with Crippen molar-refractivity contribution in [3.63, 3.8) is 0 Å². The minimum Gasteiger partial charge on any atom is -0.507 e. The van der Waals surface area contributed by atoms with Crippen molar-refractivity contribution in [2.75, 3.05) is 7.05 Å². The smallest absolute Gasteiger partial charge is 0.251 e. The van der Waals surface area contributed by atoms with Gasteiger partial charge in [-0.05, 0) is 16.8 Å². The Morgan fingerprint density at radius 3 is 2.53 bits per heavy atom. The Morgan fingerprint density at radius 1 is 1.29 bits per heavy atom. The van der Waals surface area contributed by atoms with Gasteiger partial charge >= 0.3 is 0 Å². The fraction of sp³-hybridized carbons (Fsp3) is 0.0769. The predicted molar refractivity (Wildman–Crippen MR) is 64.4 cm³/mol. The van der Waals surface area contributed by atoms with Crippen molar-refractivity contribution in [1.82, 2.24) is 5.32 Å². The van der Waals surface area contributed by atoms with Gasteiger partial charge in [-0.25, -0.2) is 0 Å². The second-order valence-electron chi connectivity index (χ2n) is 3.60. The van der Waals surface area contributed by atoms with Gasteiger partial charge in [0, 0.05) is 7.05 Å². The summed E-state index contributed by atoms with van der Waals surface area (Å²) in [5.41, 5.74) is 0.555. The summed E-state index contributed by atoms with van der Waals surface area (Å²) in [6.45, 7) is 0. The first-order valence-electron chi connectivity index (χ1n) is 5.11. The highest BCUT2D eigenvalue weighted by molar-refractivity contribution is 6.12. The van der Waals surface area contributed by atoms with Gasteiger partial charge in [0.25, 0.3) is 5.91 Å². The van der Waals surface area contributed by atoms with E-state index in [2.05, 4.69) is 5.32 Å². The van der Waals surface area contributed by atoms with Crippen LogP contribution in [-0.4, -0.2) is 24.3 Å². The molecule has 0 fully saturated rings. The van der Waals surface area contributed by atoms with Crippen LogP contribution in [0.25, 0.3) is 10.8 Å². The van der Waals surface area contributed by atoms with Gasteiger partial charge in [-0.1, -0.05) is 24.3 Å². The predicted octanol–water partition coefficient (Wildman–Crippen LogP) is 1.72. The molecule has 0 saturated carbocycles. The number of carbonyl (C=O) groups excluding carboxylic acids is 2. The first-order chi connectivity index (χ1) is 8.19. The molecule has 0 aliphatic rings. The van der Waals surface area contributed by atoms with Crippen LogP contribution in [0.1, 0.15) is 20.7 Å². The van der Waals surface area contributed by atoms with E-state index >= 15 is 0 Å². The van der Waals surface area contributed by atoms with Gasteiger partial charge in [-0.2, -0.15) is 0 Å². The molecule has 2 N–H and O–H groups in total. The van der Waals surface area contributed by atoms with Crippen molar-refractivity contribution in [2.45, 2.75) is 0 Å². The van der Waals surface area contributed by atoms with Crippen LogP contribution in [0.3, 0.4) is 0 Å². The van der Waals surface area contributed by atoms with Crippen molar-refractivity contribution in [3.8, 4) is 5.75 Å². The summed E-state index contributed by atoms with van der Waals surface area (Å²) in [4.78, 5) is 22.6. The molecular weight excluding hydrogens is 218 g/mol. The van der Waals surface area contributed by atoms with Crippen LogP contribution in [0.15, 0.2) is 30.3 Å². The quantitative estimate of drug-likeness (QED) is 0.770. The monoisotopic (exact) mass is 229 g/mol. The van der Waals surface area contributed by atoms with Crippen LogP contribution < -0.4 is 5.32 Å². The molecule has 0 radical (unpaired) electrons. The van der Waals surface area contributed by atoms with Gasteiger partial charge in [0.15, 0.2) is 6.29 Å². The number of hydrogen-bond acceptors (Lipinski definition) is 3. The highest BCUT2D eigenvalue weighted by Gasteiger charge is 2.14. The number of aromatic hydroxyl groups is 1. The third-order valence-corrected chi connectivity index (χ3v) is 2.65. The number of fused-ring (bicyclic) bond motifs is 1. The van der Waals surface area contributed by atoms with E-state index in [1.807, 2.05) is 0 Å². The summed E-state index contributed by atoms with van der Waals surface area (Å²) in [6, 6.07) is 8.28. The zero-order chi connectivity index (χ0) is 12.4. The fourth-order valence-electron chi connectivity index (χ4n) is 1.83. The average Bonchev–Trinajstić information content (AvgIpc) is 2.37. The average molecular weight is 229 g/mol. The van der Waals surface area contributed by atoms with E-state index in [1.54, 1.807) is 24.3 Å². The summed E-state index contributed by atoms with van der Waals surface area (Å²) in [6.07, 6.45) is 0.589. The SMILES string of the molecule is CNC(=O)c1cc(O)c(C=O)c2ccccc12. The molecule has 0 aliphatic carbocycles. The van der Waals surface area contributed by atoms with E-state index in [9.17, 15) is 14.7 Å². The van der Waals surface area contributed by atoms with Crippen molar-refractivity contribution in [2.24, 2.45) is 0 Å². The molecule has 0 bridgehead atoms. The maximum atomic E-state index is 11.7. The number of aldehydes is 1. The van der Waals surface area contributed by atoms with Crippen LogP contribution in [0.2, 0.25) is 0 Å². The van der Waals surface area contributed by atoms with Crippen molar-refractivity contribution in [1.29, 1.82) is 0 Å². The number of carbonyl (C=O) groups is 2. The third kappa shape index (κ3) is 1.73. The molecule has 0 atom stereocenters. The fourth-order valence-corrected chi connectivity index (χ4v) is 1.83. The Kier molecular flexibility index (Phi) is 2.78. The number of phenols is 1. The maximum absolute atomic E-state index is 11.7. The van der Waals surface area contributed by atoms with Gasteiger partial charge in [-0.3, -0.25) is 9.59 Å². The highest BCUT2D eigenvalue weighted by Crippen LogP contribution is 2.29. The lowest BCUT2D eigenvalue weighted by Crippen LogP contribution is -2.18. The van der Waals surface area contributed by atoms with Crippen LogP contribution in [0, 0.1) is 0 Å². The van der Waals surface area contributed by atoms with E-state index in [-0.39, 0.29) is 17.2 Å². The highest BCUT2D eigenvalue weighted by atomic mass is 16.3. The van der Waals surface area contributed by atoms with E-state index < -0.39 is 0 Å². The molecule has 0 saturated heterocycles. The van der Waals surface area contributed by atoms with Crippen molar-refractivity contribution in [3.05, 3.63) is 41.5 Å². The molecule has 4 heteroatoms. The molecule has 1 amide bonds. The summed E-state index contributed by atoms with van der Waals surface area (Å²) in [5, 5.41) is 13.4. The van der Waals surface area contributed by atoms with Crippen molar-refractivity contribution < 1.29 is 14.7 Å². The van der Waals surface area contributed by atoms with Crippen molar-refractivity contribution >= 4 is 23.0 Å². The standard InChI is InChI=1S/C13H11NO3/c1-14-13(17)10-6-12(16)11(7-15)9-5-3-2-4-8(9)10/h2-7,16H,1H3,(H,14,17). The maximum Gasteiger partial charge on any atom is 0.251 e. The molecule has 0 aliphatic heterocycles. The molecule has 2 aromatic rings. The second-order valence-corrected chi connectivity index (χ2v) is 3.60. The lowest BCUT2D eigenvalue weighted by molar-refractivity contribution is 0.0963. The molecule has 86 valence electrons. The lowest BCUT2D eigenvalue weighted by atomic mass is 9.98. The summed E-state index contributed by atoms with van der Waals surface area (Å²) in [5.74, 6) is -0.480. The molecule has 2 aromatic carbocycles. The summed E-state index contributed by atoms with van der Waals surface area (Å²) < 4.78 is 0. The summed E-state index contributed by atoms with van der Waals surface area (Å²) in [7, 11) is 1.52. The Morgan fingerprint density at radius 2 is 1.94 bits per heavy atom. The molecular formula is C13H11NO3. The lowest BCUT2D eigenvalue weighted by Gasteiger charge is -2.09.